The van der Waals surface area contributed by atoms with Crippen molar-refractivity contribution in [1.82, 2.24) is 9.47 Å². The van der Waals surface area contributed by atoms with Crippen molar-refractivity contribution in [1.29, 1.82) is 0 Å². The van der Waals surface area contributed by atoms with Crippen LogP contribution in [0, 0.1) is 16.0 Å². The molecule has 1 aromatic heterocycles. The van der Waals surface area contributed by atoms with Gasteiger partial charge in [0.15, 0.2) is 0 Å². The average Bonchev–Trinajstić information content (AvgIpc) is 3.40. The van der Waals surface area contributed by atoms with Gasteiger partial charge in [-0.2, -0.15) is 0 Å². The number of thioether (sulfide) groups is 1. The molecule has 3 aromatic rings. The van der Waals surface area contributed by atoms with E-state index in [1.165, 1.54) is 28.8 Å². The quantitative estimate of drug-likeness (QED) is 0.244. The number of rotatable bonds is 5. The molecule has 6 rings (SSSR count). The van der Waals surface area contributed by atoms with Crippen LogP contribution in [-0.4, -0.2) is 50.5 Å². The van der Waals surface area contributed by atoms with Crippen molar-refractivity contribution in [2.24, 2.45) is 5.92 Å². The molecule has 10 nitrogen and oxygen atoms in total. The highest BCUT2D eigenvalue weighted by atomic mass is 35.5. The molecule has 40 heavy (non-hydrogen) atoms. The van der Waals surface area contributed by atoms with Crippen LogP contribution in [0.5, 0.6) is 0 Å². The molecular weight excluding hydrogens is 576 g/mol. The summed E-state index contributed by atoms with van der Waals surface area (Å²) < 4.78 is 1.44. The first kappa shape index (κ1) is 26.7. The standard InChI is InChI=1S/C27H23ClN4O6S2/c28-16-6-4-15(5-7-16)20-21-22(25(35)31(24(21)34)17-8-10-18(11-9-17)32(37)38)39-26-23(20)40-27(36)30(26)14-19(33)29-12-2-1-3-13-29/h4-11,20-22H,1-3,12-14H2. The Hall–Kier alpha value is -3.48. The number of carbonyl (C=O) groups is 3. The lowest BCUT2D eigenvalue weighted by Gasteiger charge is -2.31. The summed E-state index contributed by atoms with van der Waals surface area (Å²) in [7, 11) is 0. The second-order valence-electron chi connectivity index (χ2n) is 9.94. The summed E-state index contributed by atoms with van der Waals surface area (Å²) in [5, 5.41) is 11.3. The first-order valence-corrected chi connectivity index (χ1v) is 14.9. The zero-order valence-corrected chi connectivity index (χ0v) is 23.4. The molecule has 0 bridgehead atoms. The molecule has 3 amide bonds. The minimum absolute atomic E-state index is 0.128. The average molecular weight is 599 g/mol. The van der Waals surface area contributed by atoms with Crippen molar-refractivity contribution in [3.63, 3.8) is 0 Å². The van der Waals surface area contributed by atoms with E-state index in [0.29, 0.717) is 28.0 Å². The Labute approximate surface area is 241 Å². The fraction of sp³-hybridized carbons (Fsp3) is 0.333. The SMILES string of the molecule is O=C(Cn1c2c(sc1=O)C(c1ccc(Cl)cc1)C1C(=O)N(c3ccc([N+](=O)[O-])cc3)C(=O)C1S2)N1CCCCC1. The Morgan fingerprint density at radius 2 is 1.65 bits per heavy atom. The predicted molar refractivity (Wildman–Crippen MR) is 151 cm³/mol. The number of piperidine rings is 1. The lowest BCUT2D eigenvalue weighted by Crippen LogP contribution is -2.39. The van der Waals surface area contributed by atoms with Crippen LogP contribution in [0.2, 0.25) is 5.02 Å². The van der Waals surface area contributed by atoms with E-state index >= 15 is 0 Å². The largest absolute Gasteiger partial charge is 0.341 e. The molecule has 2 saturated heterocycles. The van der Waals surface area contributed by atoms with Crippen LogP contribution in [0.4, 0.5) is 11.4 Å². The number of likely N-dealkylation sites (tertiary alicyclic amines) is 1. The number of hydrogen-bond acceptors (Lipinski definition) is 8. The molecule has 3 aliphatic heterocycles. The molecule has 206 valence electrons. The third-order valence-electron chi connectivity index (χ3n) is 7.60. The normalized spacial score (nSPS) is 22.3. The van der Waals surface area contributed by atoms with Crippen molar-refractivity contribution in [2.45, 2.75) is 42.0 Å². The molecule has 4 heterocycles. The lowest BCUT2D eigenvalue weighted by atomic mass is 9.83. The van der Waals surface area contributed by atoms with Crippen LogP contribution in [0.25, 0.3) is 0 Å². The first-order chi connectivity index (χ1) is 19.2. The van der Waals surface area contributed by atoms with Crippen molar-refractivity contribution >= 4 is 63.8 Å². The van der Waals surface area contributed by atoms with Crippen molar-refractivity contribution in [3.05, 3.63) is 83.8 Å². The number of anilines is 1. The second kappa shape index (κ2) is 10.5. The smallest absolute Gasteiger partial charge is 0.308 e. The Kier molecular flexibility index (Phi) is 7.01. The minimum Gasteiger partial charge on any atom is -0.341 e. The Morgan fingerprint density at radius 1 is 0.975 bits per heavy atom. The third-order valence-corrected chi connectivity index (χ3v) is 10.5. The number of hydrogen-bond donors (Lipinski definition) is 0. The summed E-state index contributed by atoms with van der Waals surface area (Å²) in [6.45, 7) is 1.18. The van der Waals surface area contributed by atoms with Gasteiger partial charge in [-0.3, -0.25) is 33.9 Å². The highest BCUT2D eigenvalue weighted by Gasteiger charge is 2.56. The molecule has 0 aliphatic carbocycles. The predicted octanol–water partition coefficient (Wildman–Crippen LogP) is 4.28. The molecule has 0 radical (unpaired) electrons. The second-order valence-corrected chi connectivity index (χ2v) is 12.5. The molecule has 0 spiro atoms. The van der Waals surface area contributed by atoms with Gasteiger partial charge in [-0.25, -0.2) is 4.90 Å². The van der Waals surface area contributed by atoms with E-state index in [1.54, 1.807) is 29.2 Å². The van der Waals surface area contributed by atoms with Crippen molar-refractivity contribution in [3.8, 4) is 0 Å². The minimum atomic E-state index is -0.846. The van der Waals surface area contributed by atoms with Gasteiger partial charge in [0.05, 0.1) is 21.6 Å². The van der Waals surface area contributed by atoms with Crippen molar-refractivity contribution in [2.75, 3.05) is 18.0 Å². The Morgan fingerprint density at radius 3 is 2.30 bits per heavy atom. The molecule has 2 fully saturated rings. The number of benzene rings is 2. The van der Waals surface area contributed by atoms with E-state index < -0.39 is 33.8 Å². The van der Waals surface area contributed by atoms with E-state index in [4.69, 9.17) is 11.6 Å². The van der Waals surface area contributed by atoms with Gasteiger partial charge in [0.25, 0.3) is 5.69 Å². The van der Waals surface area contributed by atoms with E-state index in [-0.39, 0.29) is 28.7 Å². The van der Waals surface area contributed by atoms with Crippen LogP contribution >= 0.6 is 34.7 Å². The number of fused-ring (bicyclic) bond motifs is 2. The molecule has 2 aromatic carbocycles. The summed E-state index contributed by atoms with van der Waals surface area (Å²) >= 11 is 8.27. The summed E-state index contributed by atoms with van der Waals surface area (Å²) in [5.74, 6) is -2.48. The van der Waals surface area contributed by atoms with Gasteiger partial charge >= 0.3 is 4.87 Å². The van der Waals surface area contributed by atoms with Gasteiger partial charge in [-0.1, -0.05) is 46.8 Å². The maximum absolute atomic E-state index is 13.9. The molecule has 3 atom stereocenters. The maximum Gasteiger partial charge on any atom is 0.308 e. The van der Waals surface area contributed by atoms with Gasteiger partial charge in [0, 0.05) is 41.0 Å². The molecule has 13 heteroatoms. The van der Waals surface area contributed by atoms with Gasteiger partial charge in [-0.15, -0.1) is 0 Å². The number of carbonyl (C=O) groups excluding carboxylic acids is 3. The van der Waals surface area contributed by atoms with Gasteiger partial charge in [0.1, 0.15) is 11.8 Å². The number of amides is 3. The number of non-ortho nitro benzene ring substituents is 1. The lowest BCUT2D eigenvalue weighted by molar-refractivity contribution is -0.384. The molecule has 0 N–H and O–H groups in total. The number of halogens is 1. The topological polar surface area (TPSA) is 123 Å². The van der Waals surface area contributed by atoms with Gasteiger partial charge < -0.3 is 4.90 Å². The number of thiazole rings is 1. The zero-order chi connectivity index (χ0) is 28.1. The van der Waals surface area contributed by atoms with Crippen LogP contribution in [0.3, 0.4) is 0 Å². The number of aromatic nitrogens is 1. The number of nitro benzene ring substituents is 1. The third kappa shape index (κ3) is 4.53. The molecule has 3 unspecified atom stereocenters. The van der Waals surface area contributed by atoms with Crippen LogP contribution < -0.4 is 9.77 Å². The zero-order valence-electron chi connectivity index (χ0n) is 21.0. The summed E-state index contributed by atoms with van der Waals surface area (Å²) in [5.41, 5.74) is 0.813. The summed E-state index contributed by atoms with van der Waals surface area (Å²) in [6, 6.07) is 12.2. The highest BCUT2D eigenvalue weighted by molar-refractivity contribution is 8.00. The van der Waals surface area contributed by atoms with Crippen LogP contribution in [0.1, 0.15) is 35.6 Å². The molecule has 0 saturated carbocycles. The summed E-state index contributed by atoms with van der Waals surface area (Å²) in [4.78, 5) is 67.8. The molecule has 3 aliphatic rings. The monoisotopic (exact) mass is 598 g/mol. The Bertz CT molecular complexity index is 1580. The fourth-order valence-electron chi connectivity index (χ4n) is 5.64. The van der Waals surface area contributed by atoms with Crippen LogP contribution in [0.15, 0.2) is 58.4 Å². The summed E-state index contributed by atoms with van der Waals surface area (Å²) in [6.07, 6.45) is 2.92. The van der Waals surface area contributed by atoms with Crippen LogP contribution in [-0.2, 0) is 20.9 Å². The van der Waals surface area contributed by atoms with Gasteiger partial charge in [0.2, 0.25) is 17.7 Å². The number of imide groups is 1. The number of nitrogens with zero attached hydrogens (tertiary/aromatic N) is 4. The Balaban J connectivity index is 1.41. The maximum atomic E-state index is 13.9. The van der Waals surface area contributed by atoms with E-state index in [9.17, 15) is 29.3 Å². The highest BCUT2D eigenvalue weighted by Crippen LogP contribution is 2.54. The number of nitro groups is 1. The van der Waals surface area contributed by atoms with E-state index in [0.717, 1.165) is 52.8 Å². The fourth-order valence-corrected chi connectivity index (χ4v) is 8.54. The molecular formula is C27H23ClN4O6S2. The first-order valence-electron chi connectivity index (χ1n) is 12.8. The van der Waals surface area contributed by atoms with Gasteiger partial charge in [-0.05, 0) is 49.1 Å². The van der Waals surface area contributed by atoms with Crippen molar-refractivity contribution < 1.29 is 19.3 Å². The van der Waals surface area contributed by atoms with E-state index in [1.807, 2.05) is 0 Å². The van der Waals surface area contributed by atoms with E-state index in [2.05, 4.69) is 0 Å².